The summed E-state index contributed by atoms with van der Waals surface area (Å²) in [6.07, 6.45) is 6.37. The van der Waals surface area contributed by atoms with Crippen LogP contribution in [0.15, 0.2) is 0 Å². The monoisotopic (exact) mass is 325 g/mol. The molecule has 0 unspecified atom stereocenters. The van der Waals surface area contributed by atoms with Gasteiger partial charge in [0.05, 0.1) is 0 Å². The molecule has 0 aromatic rings. The summed E-state index contributed by atoms with van der Waals surface area (Å²) in [5, 5.41) is 3.32. The van der Waals surface area contributed by atoms with Gasteiger partial charge in [-0.25, -0.2) is 0 Å². The van der Waals surface area contributed by atoms with Crippen LogP contribution in [0.2, 0.25) is 0 Å². The second kappa shape index (κ2) is 9.00. The lowest BCUT2D eigenvalue weighted by Crippen LogP contribution is -2.56. The van der Waals surface area contributed by atoms with Crippen LogP contribution in [0, 0.1) is 5.92 Å². The average molecular weight is 325 g/mol. The Labute approximate surface area is 141 Å². The second-order valence-corrected chi connectivity index (χ2v) is 7.30. The highest BCUT2D eigenvalue weighted by Gasteiger charge is 2.43. The van der Waals surface area contributed by atoms with Crippen LogP contribution in [0.5, 0.6) is 0 Å². The number of nitrogens with one attached hydrogen (secondary N) is 1. The number of hydrogen-bond donors (Lipinski definition) is 1. The number of piperidine rings is 2. The predicted octanol–water partition coefficient (Wildman–Crippen LogP) is 1.73. The maximum Gasteiger partial charge on any atom is 0.254 e. The van der Waals surface area contributed by atoms with Gasteiger partial charge in [-0.05, 0) is 64.7 Å². The van der Waals surface area contributed by atoms with E-state index in [2.05, 4.69) is 29.1 Å². The molecule has 1 amide bonds. The van der Waals surface area contributed by atoms with Crippen molar-refractivity contribution in [1.82, 2.24) is 15.1 Å². The lowest BCUT2D eigenvalue weighted by Gasteiger charge is -2.41. The van der Waals surface area contributed by atoms with Crippen molar-refractivity contribution in [3.8, 4) is 0 Å². The summed E-state index contributed by atoms with van der Waals surface area (Å²) in [5.74, 6) is 0.951. The molecule has 23 heavy (non-hydrogen) atoms. The summed E-state index contributed by atoms with van der Waals surface area (Å²) < 4.78 is 5.69. The first-order chi connectivity index (χ1) is 11.1. The van der Waals surface area contributed by atoms with E-state index in [4.69, 9.17) is 4.74 Å². The zero-order valence-corrected chi connectivity index (χ0v) is 15.3. The maximum atomic E-state index is 12.9. The Morgan fingerprint density at radius 2 is 1.96 bits per heavy atom. The normalized spacial score (nSPS) is 22.5. The van der Waals surface area contributed by atoms with E-state index in [0.717, 1.165) is 57.8 Å². The summed E-state index contributed by atoms with van der Waals surface area (Å²) in [7, 11) is 3.92. The molecule has 0 atom stereocenters. The summed E-state index contributed by atoms with van der Waals surface area (Å²) in [6, 6.07) is 0. The molecule has 5 nitrogen and oxygen atoms in total. The third-order valence-corrected chi connectivity index (χ3v) is 5.56. The number of hydrogen-bond acceptors (Lipinski definition) is 4. The summed E-state index contributed by atoms with van der Waals surface area (Å²) >= 11 is 0. The molecule has 2 saturated heterocycles. The highest BCUT2D eigenvalue weighted by molar-refractivity contribution is 5.85. The average Bonchev–Trinajstić information content (AvgIpc) is 2.60. The van der Waals surface area contributed by atoms with Crippen LogP contribution in [0.25, 0.3) is 0 Å². The van der Waals surface area contributed by atoms with Crippen molar-refractivity contribution in [3.05, 3.63) is 0 Å². The van der Waals surface area contributed by atoms with Crippen LogP contribution < -0.4 is 5.32 Å². The molecule has 0 bridgehead atoms. The molecule has 0 aromatic heterocycles. The van der Waals surface area contributed by atoms with E-state index in [1.807, 2.05) is 0 Å². The number of carbonyl (C=O) groups excluding carboxylic acids is 1. The van der Waals surface area contributed by atoms with Gasteiger partial charge in [0.15, 0.2) is 0 Å². The first-order valence-corrected chi connectivity index (χ1v) is 9.35. The van der Waals surface area contributed by atoms with Crippen LogP contribution in [0.1, 0.15) is 45.4 Å². The van der Waals surface area contributed by atoms with Gasteiger partial charge >= 0.3 is 0 Å². The summed E-state index contributed by atoms with van der Waals surface area (Å²) in [4.78, 5) is 17.4. The van der Waals surface area contributed by atoms with Crippen molar-refractivity contribution in [3.63, 3.8) is 0 Å². The van der Waals surface area contributed by atoms with Gasteiger partial charge in [-0.2, -0.15) is 0 Å². The minimum Gasteiger partial charge on any atom is -0.368 e. The lowest BCUT2D eigenvalue weighted by molar-refractivity contribution is -0.159. The molecule has 2 aliphatic rings. The number of nitrogens with zero attached hydrogens (tertiary/aromatic N) is 2. The summed E-state index contributed by atoms with van der Waals surface area (Å²) in [5.41, 5.74) is -0.573. The molecule has 2 heterocycles. The standard InChI is InChI=1S/C18H35N3O2/c1-4-5-12-20(2)15-16-6-13-21(14-7-16)17(22)18(23-3)8-10-19-11-9-18/h16,19H,4-15H2,1-3H3. The molecule has 2 aliphatic heterocycles. The van der Waals surface area contributed by atoms with E-state index < -0.39 is 5.60 Å². The minimum absolute atomic E-state index is 0.222. The Hall–Kier alpha value is -0.650. The fourth-order valence-corrected chi connectivity index (χ4v) is 3.90. The molecular formula is C18H35N3O2. The summed E-state index contributed by atoms with van der Waals surface area (Å²) in [6.45, 7) is 8.13. The Morgan fingerprint density at radius 1 is 1.30 bits per heavy atom. The number of likely N-dealkylation sites (tertiary alicyclic amines) is 1. The van der Waals surface area contributed by atoms with Gasteiger partial charge in [0.1, 0.15) is 5.60 Å². The Morgan fingerprint density at radius 3 is 2.52 bits per heavy atom. The van der Waals surface area contributed by atoms with Crippen LogP contribution in [-0.2, 0) is 9.53 Å². The zero-order valence-electron chi connectivity index (χ0n) is 15.3. The van der Waals surface area contributed by atoms with Gasteiger partial charge in [-0.3, -0.25) is 4.79 Å². The minimum atomic E-state index is -0.573. The Bertz CT molecular complexity index is 361. The highest BCUT2D eigenvalue weighted by Crippen LogP contribution is 2.28. The van der Waals surface area contributed by atoms with Crippen molar-refractivity contribution >= 4 is 5.91 Å². The molecule has 0 saturated carbocycles. The molecule has 0 radical (unpaired) electrons. The number of ether oxygens (including phenoxy) is 1. The largest absolute Gasteiger partial charge is 0.368 e. The van der Waals surface area contributed by atoms with Gasteiger partial charge in [-0.15, -0.1) is 0 Å². The first-order valence-electron chi connectivity index (χ1n) is 9.35. The van der Waals surface area contributed by atoms with Crippen molar-refractivity contribution in [1.29, 1.82) is 0 Å². The van der Waals surface area contributed by atoms with Crippen molar-refractivity contribution in [2.75, 3.05) is 53.4 Å². The van der Waals surface area contributed by atoms with Crippen molar-refractivity contribution in [2.24, 2.45) is 5.92 Å². The molecule has 1 N–H and O–H groups in total. The molecule has 5 heteroatoms. The van der Waals surface area contributed by atoms with Crippen LogP contribution >= 0.6 is 0 Å². The molecule has 0 aromatic carbocycles. The topological polar surface area (TPSA) is 44.8 Å². The highest BCUT2D eigenvalue weighted by atomic mass is 16.5. The molecule has 0 aliphatic carbocycles. The van der Waals surface area contributed by atoms with Crippen LogP contribution in [-0.4, -0.2) is 74.7 Å². The fourth-order valence-electron chi connectivity index (χ4n) is 3.90. The number of unbranched alkanes of at least 4 members (excludes halogenated alkanes) is 1. The molecule has 2 rings (SSSR count). The van der Waals surface area contributed by atoms with Crippen molar-refractivity contribution in [2.45, 2.75) is 51.0 Å². The number of amides is 1. The van der Waals surface area contributed by atoms with Gasteiger partial charge in [0, 0.05) is 26.7 Å². The van der Waals surface area contributed by atoms with Gasteiger partial charge in [0.2, 0.25) is 0 Å². The van der Waals surface area contributed by atoms with Gasteiger partial charge in [0.25, 0.3) is 5.91 Å². The van der Waals surface area contributed by atoms with E-state index in [0.29, 0.717) is 0 Å². The smallest absolute Gasteiger partial charge is 0.254 e. The maximum absolute atomic E-state index is 12.9. The second-order valence-electron chi connectivity index (χ2n) is 7.30. The predicted molar refractivity (Wildman–Crippen MR) is 93.6 cm³/mol. The van der Waals surface area contributed by atoms with Gasteiger partial charge in [-0.1, -0.05) is 13.3 Å². The number of carbonyl (C=O) groups is 1. The number of rotatable bonds is 7. The van der Waals surface area contributed by atoms with E-state index in [-0.39, 0.29) is 5.91 Å². The molecule has 2 fully saturated rings. The Kier molecular flexibility index (Phi) is 7.31. The van der Waals surface area contributed by atoms with E-state index >= 15 is 0 Å². The lowest BCUT2D eigenvalue weighted by atomic mass is 9.88. The Balaban J connectivity index is 1.80. The van der Waals surface area contributed by atoms with E-state index in [1.165, 1.54) is 25.9 Å². The third-order valence-electron chi connectivity index (χ3n) is 5.56. The van der Waals surface area contributed by atoms with Crippen molar-refractivity contribution < 1.29 is 9.53 Å². The quantitative estimate of drug-likeness (QED) is 0.774. The fraction of sp³-hybridized carbons (Fsp3) is 0.944. The van der Waals surface area contributed by atoms with Crippen LogP contribution in [0.3, 0.4) is 0 Å². The molecule has 134 valence electrons. The zero-order chi connectivity index (χ0) is 16.7. The first kappa shape index (κ1) is 18.7. The third kappa shape index (κ3) is 4.91. The van der Waals surface area contributed by atoms with Gasteiger partial charge < -0.3 is 19.9 Å². The van der Waals surface area contributed by atoms with E-state index in [9.17, 15) is 4.79 Å². The SMILES string of the molecule is CCCCN(C)CC1CCN(C(=O)C2(OC)CCNCC2)CC1. The van der Waals surface area contributed by atoms with Crippen LogP contribution in [0.4, 0.5) is 0 Å². The molecular weight excluding hydrogens is 290 g/mol. The molecule has 0 spiro atoms. The number of methoxy groups -OCH3 is 1. The van der Waals surface area contributed by atoms with E-state index in [1.54, 1.807) is 7.11 Å².